The van der Waals surface area contributed by atoms with Crippen LogP contribution in [0.1, 0.15) is 24.8 Å². The Morgan fingerprint density at radius 1 is 1.20 bits per heavy atom. The molecule has 1 aliphatic heterocycles. The molecule has 3 aromatic rings. The molecular formula is C21H22FN5O2S. The van der Waals surface area contributed by atoms with Crippen molar-refractivity contribution in [3.63, 3.8) is 0 Å². The third-order valence-corrected chi connectivity index (χ3v) is 5.68. The third kappa shape index (κ3) is 5.64. The Bertz CT molecular complexity index is 1010. The highest BCUT2D eigenvalue weighted by Crippen LogP contribution is 2.26. The van der Waals surface area contributed by atoms with Crippen molar-refractivity contribution in [3.05, 3.63) is 54.0 Å². The molecule has 1 fully saturated rings. The summed E-state index contributed by atoms with van der Waals surface area (Å²) in [5, 5.41) is 11.3. The number of amides is 1. The van der Waals surface area contributed by atoms with E-state index >= 15 is 0 Å². The smallest absolute Gasteiger partial charge is 0.277 e. The van der Waals surface area contributed by atoms with Crippen molar-refractivity contribution in [2.45, 2.75) is 30.2 Å². The van der Waals surface area contributed by atoms with E-state index in [2.05, 4.69) is 25.4 Å². The van der Waals surface area contributed by atoms with E-state index in [0.29, 0.717) is 34.7 Å². The van der Waals surface area contributed by atoms with E-state index in [4.69, 9.17) is 4.42 Å². The standard InChI is InChI=1S/C21H22FN5O2S/c22-17-5-3-4-15(12-17)14-30-21-26-25-20(29-21)16-6-8-23-18(13-16)24-19(28)7-11-27-9-1-2-10-27/h3-6,8,12-13H,1-2,7,9-11,14H2,(H,23,24,28). The van der Waals surface area contributed by atoms with Gasteiger partial charge in [0.05, 0.1) is 0 Å². The second-order valence-electron chi connectivity index (χ2n) is 7.07. The molecule has 156 valence electrons. The van der Waals surface area contributed by atoms with E-state index < -0.39 is 0 Å². The minimum atomic E-state index is -0.272. The molecule has 0 saturated carbocycles. The molecule has 30 heavy (non-hydrogen) atoms. The number of anilines is 1. The number of thioether (sulfide) groups is 1. The number of benzene rings is 1. The number of halogens is 1. The van der Waals surface area contributed by atoms with Crippen LogP contribution < -0.4 is 5.32 Å². The molecule has 1 N–H and O–H groups in total. The van der Waals surface area contributed by atoms with Crippen LogP contribution >= 0.6 is 11.8 Å². The first-order valence-corrected chi connectivity index (χ1v) is 10.8. The molecule has 1 amide bonds. The van der Waals surface area contributed by atoms with Crippen molar-refractivity contribution in [1.82, 2.24) is 20.1 Å². The monoisotopic (exact) mass is 427 g/mol. The molecule has 0 radical (unpaired) electrons. The Labute approximate surface area is 178 Å². The average molecular weight is 428 g/mol. The zero-order valence-corrected chi connectivity index (χ0v) is 17.2. The minimum Gasteiger partial charge on any atom is -0.411 e. The van der Waals surface area contributed by atoms with Crippen LogP contribution in [-0.2, 0) is 10.5 Å². The Kier molecular flexibility index (Phi) is 6.70. The van der Waals surface area contributed by atoms with Gasteiger partial charge in [-0.15, -0.1) is 10.2 Å². The fourth-order valence-electron chi connectivity index (χ4n) is 3.26. The number of hydrogen-bond acceptors (Lipinski definition) is 7. The lowest BCUT2D eigenvalue weighted by Crippen LogP contribution is -2.25. The summed E-state index contributed by atoms with van der Waals surface area (Å²) < 4.78 is 19.0. The number of carbonyl (C=O) groups excluding carboxylic acids is 1. The van der Waals surface area contributed by atoms with Gasteiger partial charge in [0.25, 0.3) is 5.22 Å². The largest absolute Gasteiger partial charge is 0.411 e. The van der Waals surface area contributed by atoms with Gasteiger partial charge in [0.2, 0.25) is 11.8 Å². The van der Waals surface area contributed by atoms with Gasteiger partial charge >= 0.3 is 0 Å². The van der Waals surface area contributed by atoms with Crippen LogP contribution in [0, 0.1) is 5.82 Å². The zero-order chi connectivity index (χ0) is 20.8. The molecule has 0 bridgehead atoms. The highest BCUT2D eigenvalue weighted by molar-refractivity contribution is 7.98. The number of rotatable bonds is 8. The first-order valence-electron chi connectivity index (χ1n) is 9.85. The van der Waals surface area contributed by atoms with E-state index in [1.165, 1.54) is 36.7 Å². The molecule has 1 aromatic carbocycles. The molecule has 0 atom stereocenters. The Balaban J connectivity index is 1.33. The van der Waals surface area contributed by atoms with Gasteiger partial charge in [-0.1, -0.05) is 23.9 Å². The van der Waals surface area contributed by atoms with E-state index in [-0.39, 0.29) is 11.7 Å². The summed E-state index contributed by atoms with van der Waals surface area (Å²) in [6.45, 7) is 2.90. The topological polar surface area (TPSA) is 84.2 Å². The Morgan fingerprint density at radius 3 is 2.90 bits per heavy atom. The number of nitrogens with zero attached hydrogens (tertiary/aromatic N) is 4. The maximum absolute atomic E-state index is 13.3. The molecule has 2 aromatic heterocycles. The van der Waals surface area contributed by atoms with Gasteiger partial charge in [-0.05, 0) is 55.8 Å². The number of aromatic nitrogens is 3. The predicted octanol–water partition coefficient (Wildman–Crippen LogP) is 3.99. The van der Waals surface area contributed by atoms with Gasteiger partial charge < -0.3 is 14.6 Å². The highest BCUT2D eigenvalue weighted by atomic mass is 32.2. The number of nitrogens with one attached hydrogen (secondary N) is 1. The van der Waals surface area contributed by atoms with Crippen LogP contribution in [0.25, 0.3) is 11.5 Å². The van der Waals surface area contributed by atoms with Crippen molar-refractivity contribution < 1.29 is 13.6 Å². The fourth-order valence-corrected chi connectivity index (χ4v) is 3.97. The summed E-state index contributed by atoms with van der Waals surface area (Å²) in [5.41, 5.74) is 1.51. The quantitative estimate of drug-likeness (QED) is 0.544. The summed E-state index contributed by atoms with van der Waals surface area (Å²) in [6, 6.07) is 9.85. The van der Waals surface area contributed by atoms with E-state index in [1.54, 1.807) is 24.4 Å². The van der Waals surface area contributed by atoms with Crippen LogP contribution in [0.5, 0.6) is 0 Å². The van der Waals surface area contributed by atoms with Crippen LogP contribution in [-0.4, -0.2) is 45.6 Å². The lowest BCUT2D eigenvalue weighted by molar-refractivity contribution is -0.116. The first-order chi connectivity index (χ1) is 14.7. The summed E-state index contributed by atoms with van der Waals surface area (Å²) in [4.78, 5) is 18.7. The van der Waals surface area contributed by atoms with Crippen molar-refractivity contribution in [1.29, 1.82) is 0 Å². The van der Waals surface area contributed by atoms with Gasteiger partial charge in [-0.2, -0.15) is 0 Å². The highest BCUT2D eigenvalue weighted by Gasteiger charge is 2.14. The number of likely N-dealkylation sites (tertiary alicyclic amines) is 1. The Morgan fingerprint density at radius 2 is 2.07 bits per heavy atom. The van der Waals surface area contributed by atoms with Crippen molar-refractivity contribution in [3.8, 4) is 11.5 Å². The number of hydrogen-bond donors (Lipinski definition) is 1. The predicted molar refractivity (Wildman–Crippen MR) is 112 cm³/mol. The maximum atomic E-state index is 13.3. The molecule has 1 aliphatic rings. The van der Waals surface area contributed by atoms with Gasteiger partial charge in [-0.25, -0.2) is 9.37 Å². The van der Waals surface area contributed by atoms with Gasteiger partial charge in [0.1, 0.15) is 11.6 Å². The molecule has 0 unspecified atom stereocenters. The Hall–Kier alpha value is -2.78. The molecule has 3 heterocycles. The zero-order valence-electron chi connectivity index (χ0n) is 16.4. The lowest BCUT2D eigenvalue weighted by Gasteiger charge is -2.13. The van der Waals surface area contributed by atoms with Crippen molar-refractivity contribution in [2.75, 3.05) is 25.0 Å². The summed E-state index contributed by atoms with van der Waals surface area (Å²) in [7, 11) is 0. The van der Waals surface area contributed by atoms with Crippen LogP contribution in [0.4, 0.5) is 10.2 Å². The fraction of sp³-hybridized carbons (Fsp3) is 0.333. The minimum absolute atomic E-state index is 0.0663. The second kappa shape index (κ2) is 9.82. The van der Waals surface area contributed by atoms with Gasteiger partial charge in [-0.3, -0.25) is 4.79 Å². The maximum Gasteiger partial charge on any atom is 0.277 e. The average Bonchev–Trinajstić information content (AvgIpc) is 3.43. The van der Waals surface area contributed by atoms with Gasteiger partial charge in [0.15, 0.2) is 0 Å². The second-order valence-corrected chi connectivity index (χ2v) is 7.99. The molecule has 0 aliphatic carbocycles. The van der Waals surface area contributed by atoms with E-state index in [0.717, 1.165) is 25.2 Å². The SMILES string of the molecule is O=C(CCN1CCCC1)Nc1cc(-c2nnc(SCc3cccc(F)c3)o2)ccn1. The third-order valence-electron chi connectivity index (χ3n) is 4.79. The molecule has 1 saturated heterocycles. The van der Waals surface area contributed by atoms with Crippen LogP contribution in [0.3, 0.4) is 0 Å². The summed E-state index contributed by atoms with van der Waals surface area (Å²) in [5.74, 6) is 0.973. The van der Waals surface area contributed by atoms with Crippen LogP contribution in [0.15, 0.2) is 52.2 Å². The molecular weight excluding hydrogens is 405 g/mol. The first kappa shape index (κ1) is 20.5. The molecule has 4 rings (SSSR count). The molecule has 9 heteroatoms. The van der Waals surface area contributed by atoms with E-state index in [1.807, 2.05) is 6.07 Å². The summed E-state index contributed by atoms with van der Waals surface area (Å²) in [6.07, 6.45) is 4.44. The number of carbonyl (C=O) groups is 1. The normalized spacial score (nSPS) is 14.2. The van der Waals surface area contributed by atoms with Gasteiger partial charge in [0, 0.05) is 30.5 Å². The summed E-state index contributed by atoms with van der Waals surface area (Å²) >= 11 is 1.33. The van der Waals surface area contributed by atoms with Crippen LogP contribution in [0.2, 0.25) is 0 Å². The lowest BCUT2D eigenvalue weighted by atomic mass is 10.2. The molecule has 0 spiro atoms. The van der Waals surface area contributed by atoms with Crippen molar-refractivity contribution >= 4 is 23.5 Å². The number of pyridine rings is 1. The van der Waals surface area contributed by atoms with E-state index in [9.17, 15) is 9.18 Å². The van der Waals surface area contributed by atoms with Crippen molar-refractivity contribution in [2.24, 2.45) is 0 Å². The molecule has 7 nitrogen and oxygen atoms in total.